The van der Waals surface area contributed by atoms with Crippen molar-refractivity contribution >= 4 is 40.2 Å². The zero-order chi connectivity index (χ0) is 24.5. The second-order valence-corrected chi connectivity index (χ2v) is 9.27. The minimum absolute atomic E-state index is 0.106. The van der Waals surface area contributed by atoms with Crippen LogP contribution in [0, 0.1) is 23.2 Å². The fourth-order valence-electron chi connectivity index (χ4n) is 4.28. The Bertz CT molecular complexity index is 1160. The van der Waals surface area contributed by atoms with Gasteiger partial charge in [-0.15, -0.1) is 0 Å². The van der Waals surface area contributed by atoms with Crippen LogP contribution < -0.4 is 16.0 Å². The molecular formula is C23H24ClF2N5O3. The van der Waals surface area contributed by atoms with Crippen molar-refractivity contribution in [2.24, 2.45) is 11.8 Å². The Morgan fingerprint density at radius 2 is 2.06 bits per heavy atom. The SMILES string of the molecule is N#CC(CC1CCCNC1=O)NC(=O)C(CC1CC1(F)F)NC(=O)c1cc2cccc(Cl)c2[nH]1. The van der Waals surface area contributed by atoms with Gasteiger partial charge in [-0.25, -0.2) is 8.78 Å². The summed E-state index contributed by atoms with van der Waals surface area (Å²) < 4.78 is 27.2. The first-order chi connectivity index (χ1) is 16.2. The summed E-state index contributed by atoms with van der Waals surface area (Å²) in [7, 11) is 0. The molecule has 2 aromatic rings. The first-order valence-corrected chi connectivity index (χ1v) is 11.5. The molecule has 180 valence electrons. The summed E-state index contributed by atoms with van der Waals surface area (Å²) in [6, 6.07) is 6.37. The second-order valence-electron chi connectivity index (χ2n) is 8.87. The number of hydrogen-bond donors (Lipinski definition) is 4. The third-order valence-electron chi connectivity index (χ3n) is 6.34. The Morgan fingerprint density at radius 1 is 1.29 bits per heavy atom. The van der Waals surface area contributed by atoms with Gasteiger partial charge in [0, 0.05) is 30.2 Å². The Morgan fingerprint density at radius 3 is 2.71 bits per heavy atom. The number of hydrogen-bond acceptors (Lipinski definition) is 4. The summed E-state index contributed by atoms with van der Waals surface area (Å²) >= 11 is 6.13. The first kappa shape index (κ1) is 24.0. The van der Waals surface area contributed by atoms with Gasteiger partial charge in [0.1, 0.15) is 17.8 Å². The van der Waals surface area contributed by atoms with Crippen LogP contribution in [-0.4, -0.2) is 47.3 Å². The lowest BCUT2D eigenvalue weighted by Crippen LogP contribution is -2.51. The molecule has 4 unspecified atom stereocenters. The number of nitriles is 1. The normalized spacial score (nSPS) is 22.8. The third-order valence-corrected chi connectivity index (χ3v) is 6.65. The molecule has 34 heavy (non-hydrogen) atoms. The van der Waals surface area contributed by atoms with Gasteiger partial charge in [-0.1, -0.05) is 23.7 Å². The number of para-hydroxylation sites is 1. The van der Waals surface area contributed by atoms with Crippen molar-refractivity contribution in [3.63, 3.8) is 0 Å². The van der Waals surface area contributed by atoms with E-state index in [2.05, 4.69) is 20.9 Å². The molecule has 4 N–H and O–H groups in total. The van der Waals surface area contributed by atoms with Crippen LogP contribution in [0.5, 0.6) is 0 Å². The molecule has 3 amide bonds. The van der Waals surface area contributed by atoms with Crippen LogP contribution in [0.4, 0.5) is 8.78 Å². The van der Waals surface area contributed by atoms with Crippen molar-refractivity contribution in [3.05, 3.63) is 35.0 Å². The number of amides is 3. The van der Waals surface area contributed by atoms with Gasteiger partial charge < -0.3 is 20.9 Å². The van der Waals surface area contributed by atoms with Gasteiger partial charge in [-0.05, 0) is 37.8 Å². The van der Waals surface area contributed by atoms with Crippen LogP contribution in [0.3, 0.4) is 0 Å². The highest BCUT2D eigenvalue weighted by molar-refractivity contribution is 6.35. The molecule has 0 spiro atoms. The minimum Gasteiger partial charge on any atom is -0.356 e. The summed E-state index contributed by atoms with van der Waals surface area (Å²) in [5, 5.41) is 18.3. The maximum Gasteiger partial charge on any atom is 0.268 e. The molecule has 1 aliphatic heterocycles. The number of piperidine rings is 1. The molecule has 1 aromatic carbocycles. The number of nitrogens with one attached hydrogen (secondary N) is 4. The molecule has 4 atom stereocenters. The van der Waals surface area contributed by atoms with E-state index in [1.54, 1.807) is 24.3 Å². The van der Waals surface area contributed by atoms with Gasteiger partial charge in [0.2, 0.25) is 11.8 Å². The molecule has 2 aliphatic rings. The molecule has 8 nitrogen and oxygen atoms in total. The topological polar surface area (TPSA) is 127 Å². The fraction of sp³-hybridized carbons (Fsp3) is 0.478. The highest BCUT2D eigenvalue weighted by Gasteiger charge is 2.57. The first-order valence-electron chi connectivity index (χ1n) is 11.1. The van der Waals surface area contributed by atoms with Gasteiger partial charge in [-0.3, -0.25) is 14.4 Å². The molecule has 0 bridgehead atoms. The molecule has 0 radical (unpaired) electrons. The van der Waals surface area contributed by atoms with Crippen molar-refractivity contribution in [2.45, 2.75) is 50.1 Å². The number of halogens is 3. The van der Waals surface area contributed by atoms with Crippen molar-refractivity contribution in [1.29, 1.82) is 5.26 Å². The summed E-state index contributed by atoms with van der Waals surface area (Å²) in [5.74, 6) is -5.92. The average Bonchev–Trinajstić information content (AvgIpc) is 3.19. The number of aromatic amines is 1. The van der Waals surface area contributed by atoms with E-state index in [0.717, 1.165) is 6.42 Å². The van der Waals surface area contributed by atoms with E-state index in [1.165, 1.54) is 0 Å². The zero-order valence-electron chi connectivity index (χ0n) is 18.2. The van der Waals surface area contributed by atoms with Gasteiger partial charge in [0.15, 0.2) is 0 Å². The van der Waals surface area contributed by atoms with Crippen LogP contribution in [0.1, 0.15) is 42.6 Å². The Balaban J connectivity index is 1.46. The van der Waals surface area contributed by atoms with E-state index in [-0.39, 0.29) is 30.9 Å². The largest absolute Gasteiger partial charge is 0.356 e. The maximum atomic E-state index is 13.6. The number of H-pyrrole nitrogens is 1. The highest BCUT2D eigenvalue weighted by Crippen LogP contribution is 2.51. The monoisotopic (exact) mass is 491 g/mol. The number of carbonyl (C=O) groups excluding carboxylic acids is 3. The Labute approximate surface area is 199 Å². The van der Waals surface area contributed by atoms with E-state index in [4.69, 9.17) is 11.6 Å². The van der Waals surface area contributed by atoms with Crippen LogP contribution in [0.15, 0.2) is 24.3 Å². The number of nitrogens with zero attached hydrogens (tertiary/aromatic N) is 1. The maximum absolute atomic E-state index is 13.6. The Kier molecular flexibility index (Phi) is 6.75. The van der Waals surface area contributed by atoms with E-state index >= 15 is 0 Å². The van der Waals surface area contributed by atoms with Crippen molar-refractivity contribution < 1.29 is 23.2 Å². The van der Waals surface area contributed by atoms with Gasteiger partial charge in [0.05, 0.1) is 16.6 Å². The van der Waals surface area contributed by atoms with Crippen molar-refractivity contribution in [1.82, 2.24) is 20.9 Å². The standard InChI is InChI=1S/C23H24ClF2N5O3/c24-16-5-1-3-12-8-17(30-19(12)16)22(34)31-18(9-14-10-23(14,25)26)21(33)29-15(11-27)7-13-4-2-6-28-20(13)32/h1,3,5,8,13-15,18,30H,2,4,6-7,9-10H2,(H,28,32)(H,29,33)(H,31,34). The molecule has 11 heteroatoms. The minimum atomic E-state index is -2.88. The average molecular weight is 492 g/mol. The third kappa shape index (κ3) is 5.30. The molecule has 2 heterocycles. The van der Waals surface area contributed by atoms with E-state index < -0.39 is 41.7 Å². The van der Waals surface area contributed by atoms with E-state index in [0.29, 0.717) is 28.9 Å². The van der Waals surface area contributed by atoms with Crippen LogP contribution in [0.2, 0.25) is 5.02 Å². The van der Waals surface area contributed by atoms with Gasteiger partial charge >= 0.3 is 0 Å². The predicted molar refractivity (Wildman–Crippen MR) is 120 cm³/mol. The number of fused-ring (bicyclic) bond motifs is 1. The lowest BCUT2D eigenvalue weighted by Gasteiger charge is -2.25. The fourth-order valence-corrected chi connectivity index (χ4v) is 4.51. The van der Waals surface area contributed by atoms with E-state index in [9.17, 15) is 28.4 Å². The summed E-state index contributed by atoms with van der Waals surface area (Å²) in [4.78, 5) is 40.7. The van der Waals surface area contributed by atoms with Crippen LogP contribution in [0.25, 0.3) is 10.9 Å². The molecule has 1 saturated heterocycles. The van der Waals surface area contributed by atoms with Gasteiger partial charge in [-0.2, -0.15) is 5.26 Å². The molecule has 1 aromatic heterocycles. The van der Waals surface area contributed by atoms with Gasteiger partial charge in [0.25, 0.3) is 11.8 Å². The number of benzene rings is 1. The molecule has 2 fully saturated rings. The molecule has 1 aliphatic carbocycles. The number of alkyl halides is 2. The van der Waals surface area contributed by atoms with Crippen LogP contribution in [-0.2, 0) is 9.59 Å². The highest BCUT2D eigenvalue weighted by atomic mass is 35.5. The molecule has 4 rings (SSSR count). The van der Waals surface area contributed by atoms with Crippen molar-refractivity contribution in [3.8, 4) is 6.07 Å². The second kappa shape index (κ2) is 9.58. The quantitative estimate of drug-likeness (QED) is 0.453. The number of carbonyl (C=O) groups is 3. The summed E-state index contributed by atoms with van der Waals surface area (Å²) in [6.07, 6.45) is 0.838. The molecule has 1 saturated carbocycles. The van der Waals surface area contributed by atoms with Crippen molar-refractivity contribution in [2.75, 3.05) is 6.54 Å². The number of aromatic nitrogens is 1. The zero-order valence-corrected chi connectivity index (χ0v) is 18.9. The predicted octanol–water partition coefficient (Wildman–Crippen LogP) is 2.89. The smallest absolute Gasteiger partial charge is 0.268 e. The lowest BCUT2D eigenvalue weighted by molar-refractivity contribution is -0.128. The van der Waals surface area contributed by atoms with E-state index in [1.807, 2.05) is 6.07 Å². The summed E-state index contributed by atoms with van der Waals surface area (Å²) in [5.41, 5.74) is 0.665. The lowest BCUT2D eigenvalue weighted by atomic mass is 9.92. The van der Waals surface area contributed by atoms with Crippen LogP contribution >= 0.6 is 11.6 Å². The molecular weight excluding hydrogens is 468 g/mol. The summed E-state index contributed by atoms with van der Waals surface area (Å²) in [6.45, 7) is 0.571. The Hall–Kier alpha value is -3.19. The number of rotatable bonds is 8.